The first-order valence-corrected chi connectivity index (χ1v) is 7.02. The van der Waals surface area contributed by atoms with Crippen molar-refractivity contribution in [2.45, 2.75) is 23.5 Å². The molecule has 5 heteroatoms. The van der Waals surface area contributed by atoms with Crippen LogP contribution in [0.5, 0.6) is 0 Å². The maximum atomic E-state index is 12.0. The van der Waals surface area contributed by atoms with Gasteiger partial charge in [0.1, 0.15) is 0 Å². The smallest absolute Gasteiger partial charge is 0.181 e. The summed E-state index contributed by atoms with van der Waals surface area (Å²) >= 11 is 3.25. The molecular formula is C10H14BrNO2S. The largest absolute Gasteiger partial charge is 0.330 e. The molecule has 1 rings (SSSR count). The first-order valence-electron chi connectivity index (χ1n) is 4.68. The fraction of sp³-hybridized carbons (Fsp3) is 0.400. The molecule has 1 unspecified atom stereocenters. The minimum Gasteiger partial charge on any atom is -0.330 e. The van der Waals surface area contributed by atoms with Crippen LogP contribution < -0.4 is 5.73 Å². The first-order chi connectivity index (χ1) is 6.98. The average molecular weight is 292 g/mol. The topological polar surface area (TPSA) is 60.2 Å². The summed E-state index contributed by atoms with van der Waals surface area (Å²) in [7, 11) is -3.23. The molecule has 15 heavy (non-hydrogen) atoms. The lowest BCUT2D eigenvalue weighted by Crippen LogP contribution is -2.21. The summed E-state index contributed by atoms with van der Waals surface area (Å²) in [4.78, 5) is 0.345. The van der Waals surface area contributed by atoms with Crippen molar-refractivity contribution in [1.82, 2.24) is 0 Å². The minimum atomic E-state index is -3.23. The van der Waals surface area contributed by atoms with Crippen LogP contribution in [-0.2, 0) is 9.84 Å². The van der Waals surface area contributed by atoms with E-state index in [4.69, 9.17) is 5.73 Å². The van der Waals surface area contributed by atoms with E-state index in [-0.39, 0.29) is 0 Å². The van der Waals surface area contributed by atoms with E-state index in [0.717, 1.165) is 4.47 Å². The zero-order valence-corrected chi connectivity index (χ0v) is 10.9. The number of hydrogen-bond donors (Lipinski definition) is 1. The third kappa shape index (κ3) is 3.03. The van der Waals surface area contributed by atoms with E-state index in [2.05, 4.69) is 15.9 Å². The zero-order valence-electron chi connectivity index (χ0n) is 8.48. The molecule has 0 aromatic heterocycles. The molecule has 0 aliphatic heterocycles. The Morgan fingerprint density at radius 1 is 1.47 bits per heavy atom. The van der Waals surface area contributed by atoms with E-state index in [1.807, 2.05) is 0 Å². The third-order valence-corrected chi connectivity index (χ3v) is 4.93. The number of benzene rings is 1. The Bertz CT molecular complexity index is 431. The van der Waals surface area contributed by atoms with Gasteiger partial charge in [0.25, 0.3) is 0 Å². The molecule has 3 nitrogen and oxygen atoms in total. The van der Waals surface area contributed by atoms with Crippen molar-refractivity contribution in [3.8, 4) is 0 Å². The number of nitrogens with two attached hydrogens (primary N) is 1. The van der Waals surface area contributed by atoms with Gasteiger partial charge in [-0.3, -0.25) is 0 Å². The van der Waals surface area contributed by atoms with Crippen LogP contribution >= 0.6 is 15.9 Å². The van der Waals surface area contributed by atoms with Gasteiger partial charge in [0.15, 0.2) is 9.84 Å². The molecule has 84 valence electrons. The van der Waals surface area contributed by atoms with Crippen molar-refractivity contribution < 1.29 is 8.42 Å². The number of rotatable bonds is 4. The molecule has 0 aliphatic rings. The van der Waals surface area contributed by atoms with Crippen LogP contribution in [0, 0.1) is 0 Å². The highest BCUT2D eigenvalue weighted by molar-refractivity contribution is 9.10. The molecule has 0 bridgehead atoms. The quantitative estimate of drug-likeness (QED) is 0.923. The Balaban J connectivity index is 3.06. The van der Waals surface area contributed by atoms with Gasteiger partial charge >= 0.3 is 0 Å². The van der Waals surface area contributed by atoms with E-state index in [1.54, 1.807) is 31.2 Å². The van der Waals surface area contributed by atoms with Crippen molar-refractivity contribution >= 4 is 25.8 Å². The number of hydrogen-bond acceptors (Lipinski definition) is 3. The highest BCUT2D eigenvalue weighted by atomic mass is 79.9. The fourth-order valence-corrected chi connectivity index (χ4v) is 3.29. The third-order valence-electron chi connectivity index (χ3n) is 2.23. The average Bonchev–Trinajstić information content (AvgIpc) is 2.18. The number of sulfone groups is 1. The molecule has 0 fully saturated rings. The Morgan fingerprint density at radius 2 is 2.13 bits per heavy atom. The Labute approximate surface area is 98.7 Å². The Kier molecular flexibility index (Phi) is 4.31. The molecule has 2 N–H and O–H groups in total. The SMILES string of the molecule is CC(CCN)S(=O)(=O)c1cccc(Br)c1. The maximum Gasteiger partial charge on any atom is 0.181 e. The van der Waals surface area contributed by atoms with Crippen LogP contribution in [0.4, 0.5) is 0 Å². The molecule has 1 aromatic rings. The van der Waals surface area contributed by atoms with Gasteiger partial charge in [-0.2, -0.15) is 0 Å². The molecule has 0 saturated heterocycles. The van der Waals surface area contributed by atoms with Crippen LogP contribution in [0.2, 0.25) is 0 Å². The van der Waals surface area contributed by atoms with Crippen LogP contribution in [0.25, 0.3) is 0 Å². The van der Waals surface area contributed by atoms with E-state index >= 15 is 0 Å². The van der Waals surface area contributed by atoms with Gasteiger partial charge in [0.05, 0.1) is 10.1 Å². The van der Waals surface area contributed by atoms with Gasteiger partial charge in [0, 0.05) is 4.47 Å². The number of halogens is 1. The second kappa shape index (κ2) is 5.09. The highest BCUT2D eigenvalue weighted by Crippen LogP contribution is 2.21. The van der Waals surface area contributed by atoms with Gasteiger partial charge in [0.2, 0.25) is 0 Å². The lowest BCUT2D eigenvalue weighted by Gasteiger charge is -2.11. The van der Waals surface area contributed by atoms with E-state index in [9.17, 15) is 8.42 Å². The van der Waals surface area contributed by atoms with Crippen LogP contribution in [0.1, 0.15) is 13.3 Å². The minimum absolute atomic E-state index is 0.345. The van der Waals surface area contributed by atoms with Crippen LogP contribution in [0.15, 0.2) is 33.6 Å². The predicted molar refractivity (Wildman–Crippen MR) is 64.5 cm³/mol. The fourth-order valence-electron chi connectivity index (χ4n) is 1.27. The lowest BCUT2D eigenvalue weighted by molar-refractivity contribution is 0.578. The molecule has 0 saturated carbocycles. The lowest BCUT2D eigenvalue weighted by atomic mass is 10.3. The molecule has 0 spiro atoms. The maximum absolute atomic E-state index is 12.0. The summed E-state index contributed by atoms with van der Waals surface area (Å²) in [6.07, 6.45) is 0.481. The van der Waals surface area contributed by atoms with Crippen molar-refractivity contribution in [3.63, 3.8) is 0 Å². The van der Waals surface area contributed by atoms with Crippen molar-refractivity contribution in [1.29, 1.82) is 0 Å². The van der Waals surface area contributed by atoms with Gasteiger partial charge in [-0.15, -0.1) is 0 Å². The molecule has 0 radical (unpaired) electrons. The van der Waals surface area contributed by atoms with E-state index < -0.39 is 15.1 Å². The van der Waals surface area contributed by atoms with Crippen LogP contribution in [0.3, 0.4) is 0 Å². The van der Waals surface area contributed by atoms with Gasteiger partial charge in [-0.1, -0.05) is 22.0 Å². The van der Waals surface area contributed by atoms with Crippen molar-refractivity contribution in [2.24, 2.45) is 5.73 Å². The standard InChI is InChI=1S/C10H14BrNO2S/c1-8(5-6-12)15(13,14)10-4-2-3-9(11)7-10/h2-4,7-8H,5-6,12H2,1H3. The van der Waals surface area contributed by atoms with Gasteiger partial charge < -0.3 is 5.73 Å². The summed E-state index contributed by atoms with van der Waals surface area (Å²) in [5.41, 5.74) is 5.36. The molecule has 0 amide bonds. The summed E-state index contributed by atoms with van der Waals surface area (Å²) < 4.78 is 24.8. The monoisotopic (exact) mass is 291 g/mol. The normalized spacial score (nSPS) is 13.8. The summed E-state index contributed by atoms with van der Waals surface area (Å²) in [6, 6.07) is 6.73. The molecule has 0 heterocycles. The second-order valence-electron chi connectivity index (χ2n) is 3.39. The Morgan fingerprint density at radius 3 is 2.67 bits per heavy atom. The highest BCUT2D eigenvalue weighted by Gasteiger charge is 2.22. The molecular weight excluding hydrogens is 278 g/mol. The summed E-state index contributed by atoms with van der Waals surface area (Å²) in [6.45, 7) is 2.07. The van der Waals surface area contributed by atoms with E-state index in [1.165, 1.54) is 0 Å². The van der Waals surface area contributed by atoms with Crippen molar-refractivity contribution in [2.75, 3.05) is 6.54 Å². The second-order valence-corrected chi connectivity index (χ2v) is 6.67. The summed E-state index contributed by atoms with van der Waals surface area (Å²) in [5.74, 6) is 0. The molecule has 0 aliphatic carbocycles. The predicted octanol–water partition coefficient (Wildman–Crippen LogP) is 1.96. The zero-order chi connectivity index (χ0) is 11.5. The summed E-state index contributed by atoms with van der Waals surface area (Å²) in [5, 5.41) is -0.434. The van der Waals surface area contributed by atoms with Gasteiger partial charge in [-0.25, -0.2) is 8.42 Å². The van der Waals surface area contributed by atoms with E-state index in [0.29, 0.717) is 17.9 Å². The first kappa shape index (κ1) is 12.7. The molecule has 1 atom stereocenters. The molecule has 1 aromatic carbocycles. The van der Waals surface area contributed by atoms with Crippen LogP contribution in [-0.4, -0.2) is 20.2 Å². The Hall–Kier alpha value is -0.390. The van der Waals surface area contributed by atoms with Crippen molar-refractivity contribution in [3.05, 3.63) is 28.7 Å². The van der Waals surface area contributed by atoms with Gasteiger partial charge in [-0.05, 0) is 38.1 Å².